The van der Waals surface area contributed by atoms with Crippen molar-refractivity contribution in [3.63, 3.8) is 0 Å². The van der Waals surface area contributed by atoms with Gasteiger partial charge in [0.15, 0.2) is 0 Å². The highest BCUT2D eigenvalue weighted by atomic mass is 79.9. The van der Waals surface area contributed by atoms with E-state index in [2.05, 4.69) is 26.6 Å². The number of aryl methyl sites for hydroxylation is 1. The van der Waals surface area contributed by atoms with Crippen molar-refractivity contribution in [3.05, 3.63) is 28.2 Å². The van der Waals surface area contributed by atoms with Crippen LogP contribution in [0.4, 0.5) is 5.69 Å². The topological polar surface area (TPSA) is 50.4 Å². The highest BCUT2D eigenvalue weighted by Crippen LogP contribution is 2.23. The molecule has 20 heavy (non-hydrogen) atoms. The highest BCUT2D eigenvalue weighted by molar-refractivity contribution is 9.10. The van der Waals surface area contributed by atoms with Crippen LogP contribution in [0.2, 0.25) is 0 Å². The molecule has 2 N–H and O–H groups in total. The predicted octanol–water partition coefficient (Wildman–Crippen LogP) is 2.85. The zero-order chi connectivity index (χ0) is 14.4. The van der Waals surface area contributed by atoms with Crippen LogP contribution >= 0.6 is 15.9 Å². The number of rotatable bonds is 5. The molecule has 0 spiro atoms. The molecule has 0 aromatic heterocycles. The molecule has 1 amide bonds. The summed E-state index contributed by atoms with van der Waals surface area (Å²) in [5.41, 5.74) is 1.96. The molecule has 0 atom stereocenters. The van der Waals surface area contributed by atoms with Gasteiger partial charge in [-0.15, -0.1) is 0 Å². The van der Waals surface area contributed by atoms with Crippen LogP contribution in [0.25, 0.3) is 0 Å². The van der Waals surface area contributed by atoms with Crippen LogP contribution in [-0.2, 0) is 9.53 Å². The van der Waals surface area contributed by atoms with Gasteiger partial charge in [0.1, 0.15) is 0 Å². The predicted molar refractivity (Wildman–Crippen MR) is 84.0 cm³/mol. The standard InChI is InChI=1S/C15H21BrN2O2/c1-11-2-3-14(13(16)10-11)18-15(19)6-9-20-12-4-7-17-8-5-12/h2-3,10,12,17H,4-9H2,1H3,(H,18,19). The van der Waals surface area contributed by atoms with Crippen molar-refractivity contribution in [2.45, 2.75) is 32.3 Å². The molecule has 1 aromatic carbocycles. The van der Waals surface area contributed by atoms with Crippen molar-refractivity contribution < 1.29 is 9.53 Å². The van der Waals surface area contributed by atoms with E-state index in [9.17, 15) is 4.79 Å². The minimum atomic E-state index is -0.0107. The van der Waals surface area contributed by atoms with E-state index in [1.807, 2.05) is 25.1 Å². The van der Waals surface area contributed by atoms with Crippen LogP contribution < -0.4 is 10.6 Å². The SMILES string of the molecule is Cc1ccc(NC(=O)CCOC2CCNCC2)c(Br)c1. The number of anilines is 1. The van der Waals surface area contributed by atoms with Crippen molar-refractivity contribution in [1.29, 1.82) is 0 Å². The second-order valence-electron chi connectivity index (χ2n) is 5.10. The fourth-order valence-corrected chi connectivity index (χ4v) is 2.81. The first-order valence-electron chi connectivity index (χ1n) is 7.03. The van der Waals surface area contributed by atoms with Crippen LogP contribution in [0, 0.1) is 6.92 Å². The summed E-state index contributed by atoms with van der Waals surface area (Å²) in [6.07, 6.45) is 2.76. The van der Waals surface area contributed by atoms with E-state index in [0.717, 1.165) is 41.7 Å². The molecule has 1 aliphatic heterocycles. The van der Waals surface area contributed by atoms with Crippen molar-refractivity contribution in [3.8, 4) is 0 Å². The fourth-order valence-electron chi connectivity index (χ4n) is 2.21. The van der Waals surface area contributed by atoms with Gasteiger partial charge in [0, 0.05) is 4.47 Å². The lowest BCUT2D eigenvalue weighted by atomic mass is 10.1. The summed E-state index contributed by atoms with van der Waals surface area (Å²) in [4.78, 5) is 11.9. The molecule has 2 rings (SSSR count). The Balaban J connectivity index is 1.72. The average Bonchev–Trinajstić information content (AvgIpc) is 2.43. The number of carbonyl (C=O) groups is 1. The summed E-state index contributed by atoms with van der Waals surface area (Å²) in [5.74, 6) is -0.0107. The van der Waals surface area contributed by atoms with Crippen LogP contribution in [0.1, 0.15) is 24.8 Å². The summed E-state index contributed by atoms with van der Waals surface area (Å²) in [5, 5.41) is 6.19. The molecule has 0 unspecified atom stereocenters. The van der Waals surface area contributed by atoms with Gasteiger partial charge in [0.05, 0.1) is 24.8 Å². The van der Waals surface area contributed by atoms with Gasteiger partial charge in [-0.3, -0.25) is 4.79 Å². The number of piperidine rings is 1. The Morgan fingerprint density at radius 3 is 2.90 bits per heavy atom. The quantitative estimate of drug-likeness (QED) is 0.866. The Hall–Kier alpha value is -0.910. The summed E-state index contributed by atoms with van der Waals surface area (Å²) in [7, 11) is 0. The lowest BCUT2D eigenvalue weighted by molar-refractivity contribution is -0.117. The van der Waals surface area contributed by atoms with Crippen LogP contribution in [0.15, 0.2) is 22.7 Å². The molecular formula is C15H21BrN2O2. The molecular weight excluding hydrogens is 320 g/mol. The average molecular weight is 341 g/mol. The number of carbonyl (C=O) groups excluding carboxylic acids is 1. The highest BCUT2D eigenvalue weighted by Gasteiger charge is 2.13. The molecule has 1 heterocycles. The Morgan fingerprint density at radius 1 is 1.45 bits per heavy atom. The fraction of sp³-hybridized carbons (Fsp3) is 0.533. The molecule has 0 bridgehead atoms. The Labute approximate surface area is 128 Å². The molecule has 0 aliphatic carbocycles. The number of ether oxygens (including phenoxy) is 1. The van der Waals surface area contributed by atoms with Gasteiger partial charge in [-0.2, -0.15) is 0 Å². The second kappa shape index (κ2) is 7.76. The van der Waals surface area contributed by atoms with E-state index in [1.165, 1.54) is 0 Å². The van der Waals surface area contributed by atoms with Gasteiger partial charge in [-0.05, 0) is 66.5 Å². The van der Waals surface area contributed by atoms with Gasteiger partial charge in [-0.1, -0.05) is 6.07 Å². The van der Waals surface area contributed by atoms with Crippen LogP contribution in [0.5, 0.6) is 0 Å². The molecule has 0 saturated carbocycles. The maximum absolute atomic E-state index is 11.9. The largest absolute Gasteiger partial charge is 0.378 e. The zero-order valence-corrected chi connectivity index (χ0v) is 13.3. The number of amides is 1. The number of hydrogen-bond acceptors (Lipinski definition) is 3. The Kier molecular flexibility index (Phi) is 6.01. The van der Waals surface area contributed by atoms with Crippen molar-refractivity contribution in [2.75, 3.05) is 25.0 Å². The van der Waals surface area contributed by atoms with E-state index in [4.69, 9.17) is 4.74 Å². The van der Waals surface area contributed by atoms with Crippen LogP contribution in [-0.4, -0.2) is 31.7 Å². The third-order valence-corrected chi connectivity index (χ3v) is 4.02. The molecule has 1 fully saturated rings. The minimum absolute atomic E-state index is 0.0107. The summed E-state index contributed by atoms with van der Waals surface area (Å²) in [6.45, 7) is 4.52. The summed E-state index contributed by atoms with van der Waals surface area (Å²) >= 11 is 3.45. The minimum Gasteiger partial charge on any atom is -0.378 e. The smallest absolute Gasteiger partial charge is 0.226 e. The maximum atomic E-state index is 11.9. The summed E-state index contributed by atoms with van der Waals surface area (Å²) in [6, 6.07) is 5.87. The molecule has 1 aromatic rings. The van der Waals surface area contributed by atoms with E-state index < -0.39 is 0 Å². The lowest BCUT2D eigenvalue weighted by Gasteiger charge is -2.22. The van der Waals surface area contributed by atoms with Crippen LogP contribution in [0.3, 0.4) is 0 Å². The van der Waals surface area contributed by atoms with Gasteiger partial charge in [0.25, 0.3) is 0 Å². The molecule has 1 aliphatic rings. The van der Waals surface area contributed by atoms with Crippen molar-refractivity contribution in [2.24, 2.45) is 0 Å². The third kappa shape index (κ3) is 4.89. The maximum Gasteiger partial charge on any atom is 0.226 e. The van der Waals surface area contributed by atoms with Crippen molar-refractivity contribution in [1.82, 2.24) is 5.32 Å². The number of nitrogens with one attached hydrogen (secondary N) is 2. The zero-order valence-electron chi connectivity index (χ0n) is 11.7. The van der Waals surface area contributed by atoms with E-state index in [-0.39, 0.29) is 5.91 Å². The molecule has 1 saturated heterocycles. The third-order valence-electron chi connectivity index (χ3n) is 3.37. The van der Waals surface area contributed by atoms with Crippen molar-refractivity contribution >= 4 is 27.5 Å². The first-order chi connectivity index (χ1) is 9.65. The normalized spacial score (nSPS) is 16.1. The molecule has 5 heteroatoms. The van der Waals surface area contributed by atoms with Gasteiger partial charge in [-0.25, -0.2) is 0 Å². The number of halogens is 1. The Morgan fingerprint density at radius 2 is 2.20 bits per heavy atom. The van der Waals surface area contributed by atoms with E-state index in [0.29, 0.717) is 19.1 Å². The molecule has 110 valence electrons. The lowest BCUT2D eigenvalue weighted by Crippen LogP contribution is -2.33. The Bertz CT molecular complexity index is 459. The summed E-state index contributed by atoms with van der Waals surface area (Å²) < 4.78 is 6.64. The monoisotopic (exact) mass is 340 g/mol. The number of hydrogen-bond donors (Lipinski definition) is 2. The van der Waals surface area contributed by atoms with E-state index in [1.54, 1.807) is 0 Å². The molecule has 4 nitrogen and oxygen atoms in total. The first-order valence-corrected chi connectivity index (χ1v) is 7.83. The van der Waals surface area contributed by atoms with E-state index >= 15 is 0 Å². The van der Waals surface area contributed by atoms with Gasteiger partial charge < -0.3 is 15.4 Å². The molecule has 0 radical (unpaired) electrons. The second-order valence-corrected chi connectivity index (χ2v) is 5.96. The van der Waals surface area contributed by atoms with Gasteiger partial charge >= 0.3 is 0 Å². The van der Waals surface area contributed by atoms with Gasteiger partial charge in [0.2, 0.25) is 5.91 Å². The number of benzene rings is 1. The first kappa shape index (κ1) is 15.5.